The highest BCUT2D eigenvalue weighted by Gasteiger charge is 2.31. The van der Waals surface area contributed by atoms with Crippen molar-refractivity contribution >= 4 is 32.9 Å². The van der Waals surface area contributed by atoms with Crippen molar-refractivity contribution < 1.29 is 27.9 Å². The molecule has 1 saturated heterocycles. The highest BCUT2D eigenvalue weighted by Crippen LogP contribution is 2.31. The van der Waals surface area contributed by atoms with Crippen LogP contribution in [0.4, 0.5) is 4.79 Å². The molecule has 10 nitrogen and oxygen atoms in total. The fourth-order valence-electron chi connectivity index (χ4n) is 5.71. The number of sulfonamides is 1. The number of hydrogen-bond donors (Lipinski definition) is 3. The van der Waals surface area contributed by atoms with Crippen LogP contribution in [0.25, 0.3) is 22.2 Å². The number of aromatic nitrogens is 1. The molecule has 1 aliphatic heterocycles. The van der Waals surface area contributed by atoms with Gasteiger partial charge in [0, 0.05) is 30.6 Å². The molecule has 0 unspecified atom stereocenters. The van der Waals surface area contributed by atoms with Crippen molar-refractivity contribution in [1.82, 2.24) is 15.2 Å². The third kappa shape index (κ3) is 6.43. The molecule has 1 atom stereocenters. The second-order valence-electron chi connectivity index (χ2n) is 10.7. The van der Waals surface area contributed by atoms with E-state index in [-0.39, 0.29) is 16.8 Å². The molecule has 11 heteroatoms. The molecule has 1 aliphatic carbocycles. The monoisotopic (exact) mass is 566 g/mol. The van der Waals surface area contributed by atoms with Crippen LogP contribution in [0.1, 0.15) is 42.5 Å². The first kappa shape index (κ1) is 28.0. The molecule has 5 rings (SSSR count). The van der Waals surface area contributed by atoms with Crippen LogP contribution in [0.15, 0.2) is 59.5 Å². The summed E-state index contributed by atoms with van der Waals surface area (Å²) in [6, 6.07) is 15.2. The van der Waals surface area contributed by atoms with Gasteiger partial charge >= 0.3 is 6.09 Å². The van der Waals surface area contributed by atoms with E-state index in [4.69, 9.17) is 9.88 Å². The van der Waals surface area contributed by atoms with Crippen LogP contribution < -0.4 is 10.5 Å². The number of carbonyl (C=O) groups is 2. The first-order valence-corrected chi connectivity index (χ1v) is 15.1. The molecule has 2 fully saturated rings. The van der Waals surface area contributed by atoms with Crippen molar-refractivity contribution in [2.24, 2.45) is 17.0 Å². The van der Waals surface area contributed by atoms with Crippen LogP contribution in [0, 0.1) is 11.8 Å². The summed E-state index contributed by atoms with van der Waals surface area (Å²) >= 11 is 0. The van der Waals surface area contributed by atoms with Gasteiger partial charge < -0.3 is 20.1 Å². The quantitative estimate of drug-likeness (QED) is 0.374. The molecule has 2 aliphatic rings. The largest absolute Gasteiger partial charge is 0.465 e. The first-order chi connectivity index (χ1) is 19.2. The van der Waals surface area contributed by atoms with Crippen molar-refractivity contribution in [2.75, 3.05) is 26.3 Å². The van der Waals surface area contributed by atoms with Crippen molar-refractivity contribution in [3.63, 3.8) is 0 Å². The maximum absolute atomic E-state index is 13.4. The molecule has 0 bridgehead atoms. The lowest BCUT2D eigenvalue weighted by atomic mass is 9.81. The molecule has 1 saturated carbocycles. The van der Waals surface area contributed by atoms with Gasteiger partial charge in [-0.1, -0.05) is 30.3 Å². The molecule has 40 heavy (non-hydrogen) atoms. The van der Waals surface area contributed by atoms with E-state index in [1.54, 1.807) is 23.1 Å². The Labute approximate surface area is 233 Å². The maximum atomic E-state index is 13.4. The van der Waals surface area contributed by atoms with Gasteiger partial charge in [0.15, 0.2) is 0 Å². The number of amides is 2. The second-order valence-corrected chi connectivity index (χ2v) is 12.3. The summed E-state index contributed by atoms with van der Waals surface area (Å²) in [4.78, 5) is 31.4. The van der Waals surface area contributed by atoms with Gasteiger partial charge in [-0.25, -0.2) is 23.3 Å². The number of nitrogens with one attached hydrogen (secondary N) is 1. The van der Waals surface area contributed by atoms with Crippen molar-refractivity contribution in [3.8, 4) is 11.3 Å². The van der Waals surface area contributed by atoms with E-state index in [1.165, 1.54) is 12.1 Å². The zero-order chi connectivity index (χ0) is 28.3. The van der Waals surface area contributed by atoms with Crippen LogP contribution in [0.2, 0.25) is 0 Å². The van der Waals surface area contributed by atoms with Crippen LogP contribution in [-0.4, -0.2) is 67.8 Å². The normalized spacial score (nSPS) is 21.3. The number of nitrogens with zero attached hydrogens (tertiary/aromatic N) is 2. The number of ether oxygens (including phenoxy) is 1. The van der Waals surface area contributed by atoms with Crippen molar-refractivity contribution in [2.45, 2.75) is 43.0 Å². The number of benzene rings is 2. The van der Waals surface area contributed by atoms with Gasteiger partial charge in [-0.2, -0.15) is 0 Å². The fraction of sp³-hybridized carbons (Fsp3) is 0.414. The lowest BCUT2D eigenvalue weighted by molar-refractivity contribution is 0.0902. The number of carboxylic acid groups (broad SMARTS) is 1. The average Bonchev–Trinajstić information content (AvgIpc) is 3.49. The molecule has 1 aromatic heterocycles. The minimum absolute atomic E-state index is 0.00736. The smallest absolute Gasteiger partial charge is 0.407 e. The summed E-state index contributed by atoms with van der Waals surface area (Å²) in [6.07, 6.45) is 3.58. The highest BCUT2D eigenvalue weighted by molar-refractivity contribution is 7.89. The summed E-state index contributed by atoms with van der Waals surface area (Å²) in [7, 11) is -3.81. The molecular formula is C29H34N4O6S. The molecule has 3 aromatic rings. The Balaban J connectivity index is 1.23. The lowest BCUT2D eigenvalue weighted by Crippen LogP contribution is -2.43. The number of fused-ring (bicyclic) bond motifs is 1. The molecule has 212 valence electrons. The molecule has 2 aromatic carbocycles. The molecule has 0 spiro atoms. The predicted octanol–water partition coefficient (Wildman–Crippen LogP) is 3.85. The molecule has 0 radical (unpaired) electrons. The van der Waals surface area contributed by atoms with Crippen molar-refractivity contribution in [1.29, 1.82) is 0 Å². The summed E-state index contributed by atoms with van der Waals surface area (Å²) in [5.74, 6) is 0.448. The van der Waals surface area contributed by atoms with E-state index >= 15 is 0 Å². The summed E-state index contributed by atoms with van der Waals surface area (Å²) in [6.45, 7) is 2.16. The summed E-state index contributed by atoms with van der Waals surface area (Å²) in [5.41, 5.74) is 2.39. The molecule has 4 N–H and O–H groups in total. The SMILES string of the molecule is NS(=O)(=O)c1ccc(-c2cc(C(=O)NCC3CCC(CN(C(=O)O)[C@H]4CCOC4)CC3)c3ccccc3n2)cc1. The second kappa shape index (κ2) is 11.9. The van der Waals surface area contributed by atoms with Gasteiger partial charge in [0.25, 0.3) is 5.91 Å². The minimum Gasteiger partial charge on any atom is -0.465 e. The summed E-state index contributed by atoms with van der Waals surface area (Å²) < 4.78 is 28.6. The van der Waals surface area contributed by atoms with E-state index in [0.29, 0.717) is 60.5 Å². The zero-order valence-electron chi connectivity index (χ0n) is 22.2. The number of nitrogens with two attached hydrogens (primary N) is 1. The van der Waals surface area contributed by atoms with Gasteiger partial charge in [0.2, 0.25) is 10.0 Å². The van der Waals surface area contributed by atoms with E-state index in [1.807, 2.05) is 24.3 Å². The fourth-order valence-corrected chi connectivity index (χ4v) is 6.22. The van der Waals surface area contributed by atoms with Crippen LogP contribution in [-0.2, 0) is 14.8 Å². The molecule has 2 heterocycles. The Bertz CT molecular complexity index is 1480. The topological polar surface area (TPSA) is 152 Å². The van der Waals surface area contributed by atoms with Gasteiger partial charge in [-0.3, -0.25) is 4.79 Å². The average molecular weight is 567 g/mol. The number of primary sulfonamides is 1. The Morgan fingerprint density at radius 3 is 2.38 bits per heavy atom. The number of rotatable bonds is 8. The van der Waals surface area contributed by atoms with Crippen LogP contribution >= 0.6 is 0 Å². The van der Waals surface area contributed by atoms with Gasteiger partial charge in [-0.15, -0.1) is 0 Å². The Hall–Kier alpha value is -3.54. The van der Waals surface area contributed by atoms with E-state index < -0.39 is 16.1 Å². The number of pyridine rings is 1. The van der Waals surface area contributed by atoms with Gasteiger partial charge in [0.05, 0.1) is 34.3 Å². The van der Waals surface area contributed by atoms with Crippen LogP contribution in [0.3, 0.4) is 0 Å². The zero-order valence-corrected chi connectivity index (χ0v) is 23.0. The molecule has 2 amide bonds. The van der Waals surface area contributed by atoms with E-state index in [2.05, 4.69) is 10.3 Å². The predicted molar refractivity (Wildman–Crippen MR) is 150 cm³/mol. The summed E-state index contributed by atoms with van der Waals surface area (Å²) in [5, 5.41) is 18.7. The number of carbonyl (C=O) groups excluding carboxylic acids is 1. The number of para-hydroxylation sites is 1. The van der Waals surface area contributed by atoms with Crippen molar-refractivity contribution in [3.05, 3.63) is 60.2 Å². The minimum atomic E-state index is -3.81. The maximum Gasteiger partial charge on any atom is 0.407 e. The highest BCUT2D eigenvalue weighted by atomic mass is 32.2. The van der Waals surface area contributed by atoms with E-state index in [0.717, 1.165) is 37.5 Å². The third-order valence-corrected chi connectivity index (χ3v) is 8.93. The third-order valence-electron chi connectivity index (χ3n) is 8.00. The van der Waals surface area contributed by atoms with Gasteiger partial charge in [0.1, 0.15) is 0 Å². The van der Waals surface area contributed by atoms with E-state index in [9.17, 15) is 23.1 Å². The van der Waals surface area contributed by atoms with Crippen LogP contribution in [0.5, 0.6) is 0 Å². The Morgan fingerprint density at radius 1 is 1.02 bits per heavy atom. The van der Waals surface area contributed by atoms with Gasteiger partial charge in [-0.05, 0) is 68.2 Å². The molecular weight excluding hydrogens is 532 g/mol. The lowest BCUT2D eigenvalue weighted by Gasteiger charge is -2.33. The standard InChI is InChI=1S/C29H34N4O6S/c30-40(37,38)23-11-9-21(10-12-23)27-15-25(24-3-1-2-4-26(24)32-27)28(34)31-16-19-5-7-20(8-6-19)17-33(29(35)36)22-13-14-39-18-22/h1-4,9-12,15,19-20,22H,5-8,13-14,16-18H2,(H,31,34)(H,35,36)(H2,30,37,38)/t19?,20?,22-/m0/s1. The Kier molecular flexibility index (Phi) is 8.34. The Morgan fingerprint density at radius 2 is 1.73 bits per heavy atom. The number of hydrogen-bond acceptors (Lipinski definition) is 6. The first-order valence-electron chi connectivity index (χ1n) is 13.6.